The molecule has 2 aromatic heterocycles. The number of fused-ring (bicyclic) bond motifs is 1. The summed E-state index contributed by atoms with van der Waals surface area (Å²) in [5.74, 6) is 0.483. The topological polar surface area (TPSA) is 88.7 Å². The summed E-state index contributed by atoms with van der Waals surface area (Å²) in [6.45, 7) is 13.5. The highest BCUT2D eigenvalue weighted by molar-refractivity contribution is 7.89. The number of amides is 1. The molecule has 0 saturated carbocycles. The van der Waals surface area contributed by atoms with E-state index in [-0.39, 0.29) is 35.1 Å². The highest BCUT2D eigenvalue weighted by Gasteiger charge is 2.39. The Hall–Kier alpha value is -2.65. The monoisotopic (exact) mass is 516 g/mol. The summed E-state index contributed by atoms with van der Waals surface area (Å²) in [6, 6.07) is 5.72. The van der Waals surface area contributed by atoms with Gasteiger partial charge in [0.1, 0.15) is 11.6 Å². The van der Waals surface area contributed by atoms with Crippen molar-refractivity contribution in [3.05, 3.63) is 48.7 Å². The van der Waals surface area contributed by atoms with Gasteiger partial charge in [0.15, 0.2) is 0 Å². The van der Waals surface area contributed by atoms with Gasteiger partial charge in [-0.1, -0.05) is 41.5 Å². The zero-order valence-electron chi connectivity index (χ0n) is 22.5. The van der Waals surface area contributed by atoms with E-state index in [2.05, 4.69) is 32.7 Å². The molecule has 9 heteroatoms. The summed E-state index contributed by atoms with van der Waals surface area (Å²) in [5, 5.41) is 0.699. The summed E-state index contributed by atoms with van der Waals surface area (Å²) in [4.78, 5) is 20.3. The smallest absolute Gasteiger partial charge is 0.244 e. The summed E-state index contributed by atoms with van der Waals surface area (Å²) in [6.07, 6.45) is 5.24. The highest BCUT2D eigenvalue weighted by Crippen LogP contribution is 2.28. The molecule has 3 aromatic rings. The van der Waals surface area contributed by atoms with Gasteiger partial charge in [-0.05, 0) is 48.4 Å². The van der Waals surface area contributed by atoms with E-state index in [0.29, 0.717) is 36.2 Å². The summed E-state index contributed by atoms with van der Waals surface area (Å²) >= 11 is 0. The predicted molar refractivity (Wildman–Crippen MR) is 142 cm³/mol. The van der Waals surface area contributed by atoms with Gasteiger partial charge in [-0.15, -0.1) is 0 Å². The fourth-order valence-corrected chi connectivity index (χ4v) is 6.03. The molecule has 1 atom stereocenters. The highest BCUT2D eigenvalue weighted by atomic mass is 32.2. The van der Waals surface area contributed by atoms with Crippen LogP contribution in [0, 0.1) is 17.8 Å². The maximum Gasteiger partial charge on any atom is 0.244 e. The molecular formula is C27H40N4O4S. The normalized spacial score (nSPS) is 13.4. The number of aromatic nitrogens is 2. The first-order valence-electron chi connectivity index (χ1n) is 12.6. The summed E-state index contributed by atoms with van der Waals surface area (Å²) in [5.41, 5.74) is 1.32. The number of carbonyl (C=O) groups is 1. The molecule has 0 unspecified atom stereocenters. The summed E-state index contributed by atoms with van der Waals surface area (Å²) in [7, 11) is -2.21. The number of hydrogen-bond acceptors (Lipinski definition) is 5. The van der Waals surface area contributed by atoms with Crippen LogP contribution in [-0.2, 0) is 28.4 Å². The molecule has 0 bridgehead atoms. The average Bonchev–Trinajstić information content (AvgIpc) is 3.42. The lowest BCUT2D eigenvalue weighted by Gasteiger charge is -2.36. The molecule has 0 aliphatic heterocycles. The largest absolute Gasteiger partial charge is 0.464 e. The Morgan fingerprint density at radius 1 is 1.03 bits per heavy atom. The van der Waals surface area contributed by atoms with E-state index in [0.717, 1.165) is 0 Å². The van der Waals surface area contributed by atoms with Crippen molar-refractivity contribution in [2.24, 2.45) is 24.8 Å². The van der Waals surface area contributed by atoms with E-state index >= 15 is 0 Å². The first-order chi connectivity index (χ1) is 16.9. The second-order valence-corrected chi connectivity index (χ2v) is 12.7. The van der Waals surface area contributed by atoms with Crippen LogP contribution in [0.15, 0.2) is 52.4 Å². The van der Waals surface area contributed by atoms with Gasteiger partial charge in [0.25, 0.3) is 0 Å². The Balaban J connectivity index is 2.13. The standard InChI is InChI=1S/C27H40N4O4S/c1-19(2)12-25(27(32)30(15-20(3)4)16-21(5)6)31(17-23-14-28-18-29(23)7)36(33,34)24-8-9-26-22(13-24)10-11-35-26/h8-11,13-14,18-21,25H,12,15-17H2,1-7H3/t25-/m0/s1. The number of nitrogens with zero attached hydrogens (tertiary/aromatic N) is 4. The molecule has 3 rings (SSSR count). The zero-order chi connectivity index (χ0) is 26.6. The predicted octanol–water partition coefficient (Wildman–Crippen LogP) is 4.91. The van der Waals surface area contributed by atoms with Gasteiger partial charge in [-0.2, -0.15) is 4.31 Å². The Bertz CT molecular complexity index is 1250. The van der Waals surface area contributed by atoms with E-state index in [1.54, 1.807) is 41.4 Å². The minimum absolute atomic E-state index is 0.0442. The van der Waals surface area contributed by atoms with Crippen LogP contribution >= 0.6 is 0 Å². The molecule has 36 heavy (non-hydrogen) atoms. The lowest BCUT2D eigenvalue weighted by Crippen LogP contribution is -2.52. The first kappa shape index (κ1) is 27.9. The SMILES string of the molecule is CC(C)C[C@@H](C(=O)N(CC(C)C)CC(C)C)N(Cc1cncn1C)S(=O)(=O)c1ccc2occc2c1. The fourth-order valence-electron chi connectivity index (χ4n) is 4.43. The zero-order valence-corrected chi connectivity index (χ0v) is 23.3. The molecule has 0 radical (unpaired) electrons. The number of benzene rings is 1. The first-order valence-corrected chi connectivity index (χ1v) is 14.1. The van der Waals surface area contributed by atoms with Crippen molar-refractivity contribution >= 4 is 26.9 Å². The van der Waals surface area contributed by atoms with E-state index < -0.39 is 16.1 Å². The van der Waals surface area contributed by atoms with Crippen molar-refractivity contribution in [3.63, 3.8) is 0 Å². The van der Waals surface area contributed by atoms with Gasteiger partial charge >= 0.3 is 0 Å². The molecular weight excluding hydrogens is 476 g/mol. The molecule has 0 saturated heterocycles. The van der Waals surface area contributed by atoms with Gasteiger partial charge in [-0.25, -0.2) is 13.4 Å². The minimum Gasteiger partial charge on any atom is -0.464 e. The van der Waals surface area contributed by atoms with Crippen LogP contribution in [0.4, 0.5) is 0 Å². The second-order valence-electron chi connectivity index (χ2n) is 10.8. The van der Waals surface area contributed by atoms with Crippen LogP contribution in [0.2, 0.25) is 0 Å². The maximum atomic E-state index is 14.2. The van der Waals surface area contributed by atoms with Gasteiger partial charge in [0.05, 0.1) is 29.7 Å². The van der Waals surface area contributed by atoms with Crippen molar-refractivity contribution in [2.45, 2.75) is 65.4 Å². The lowest BCUT2D eigenvalue weighted by molar-refractivity contribution is -0.137. The van der Waals surface area contributed by atoms with Crippen LogP contribution in [0.5, 0.6) is 0 Å². The van der Waals surface area contributed by atoms with Crippen molar-refractivity contribution in [3.8, 4) is 0 Å². The van der Waals surface area contributed by atoms with Crippen LogP contribution < -0.4 is 0 Å². The molecule has 1 amide bonds. The number of carbonyl (C=O) groups excluding carboxylic acids is 1. The molecule has 2 heterocycles. The third-order valence-corrected chi connectivity index (χ3v) is 7.93. The number of rotatable bonds is 12. The molecule has 1 aromatic carbocycles. The molecule has 0 aliphatic carbocycles. The number of imidazole rings is 1. The van der Waals surface area contributed by atoms with Crippen molar-refractivity contribution in [2.75, 3.05) is 13.1 Å². The van der Waals surface area contributed by atoms with E-state index in [1.807, 2.05) is 25.8 Å². The third kappa shape index (κ3) is 6.56. The van der Waals surface area contributed by atoms with E-state index in [9.17, 15) is 13.2 Å². The van der Waals surface area contributed by atoms with Gasteiger partial charge in [0.2, 0.25) is 15.9 Å². The van der Waals surface area contributed by atoms with Crippen LogP contribution in [-0.4, -0.2) is 52.2 Å². The van der Waals surface area contributed by atoms with E-state index in [4.69, 9.17) is 4.42 Å². The number of hydrogen-bond donors (Lipinski definition) is 0. The number of furan rings is 1. The average molecular weight is 517 g/mol. The Morgan fingerprint density at radius 2 is 1.69 bits per heavy atom. The second kappa shape index (κ2) is 11.6. The molecule has 198 valence electrons. The van der Waals surface area contributed by atoms with Crippen molar-refractivity contribution < 1.29 is 17.6 Å². The Kier molecular flexibility index (Phi) is 9.00. The van der Waals surface area contributed by atoms with Crippen molar-refractivity contribution in [1.29, 1.82) is 0 Å². The van der Waals surface area contributed by atoms with Crippen LogP contribution in [0.3, 0.4) is 0 Å². The van der Waals surface area contributed by atoms with E-state index in [1.165, 1.54) is 10.6 Å². The van der Waals surface area contributed by atoms with Gasteiger partial charge in [0, 0.05) is 31.7 Å². The molecule has 0 N–H and O–H groups in total. The molecule has 0 aliphatic rings. The summed E-state index contributed by atoms with van der Waals surface area (Å²) < 4.78 is 37.0. The third-order valence-electron chi connectivity index (χ3n) is 6.07. The Labute approximate surface area is 215 Å². The molecule has 8 nitrogen and oxygen atoms in total. The van der Waals surface area contributed by atoms with Crippen LogP contribution in [0.25, 0.3) is 11.0 Å². The molecule has 0 spiro atoms. The quantitative estimate of drug-likeness (QED) is 0.341. The maximum absolute atomic E-state index is 14.2. The number of aryl methyl sites for hydroxylation is 1. The van der Waals surface area contributed by atoms with Gasteiger partial charge < -0.3 is 13.9 Å². The van der Waals surface area contributed by atoms with Crippen LogP contribution in [0.1, 0.15) is 53.7 Å². The van der Waals surface area contributed by atoms with Gasteiger partial charge in [-0.3, -0.25) is 4.79 Å². The van der Waals surface area contributed by atoms with Crippen molar-refractivity contribution in [1.82, 2.24) is 18.8 Å². The number of sulfonamides is 1. The molecule has 0 fully saturated rings. The lowest BCUT2D eigenvalue weighted by atomic mass is 10.0. The minimum atomic E-state index is -4.04. The Morgan fingerprint density at radius 3 is 2.25 bits per heavy atom. The fraction of sp³-hybridized carbons (Fsp3) is 0.556.